The van der Waals surface area contributed by atoms with Gasteiger partial charge in [-0.05, 0) is 25.0 Å². The quantitative estimate of drug-likeness (QED) is 0.798. The Labute approximate surface area is 130 Å². The first-order valence-corrected chi connectivity index (χ1v) is 7.78. The van der Waals surface area contributed by atoms with Gasteiger partial charge in [-0.15, -0.1) is 10.2 Å². The summed E-state index contributed by atoms with van der Waals surface area (Å²) in [7, 11) is 1.52. The average Bonchev–Trinajstić information content (AvgIpc) is 3.16. The molecule has 1 amide bonds. The van der Waals surface area contributed by atoms with Gasteiger partial charge in [0.1, 0.15) is 10.6 Å². The lowest BCUT2D eigenvalue weighted by Crippen LogP contribution is -2.11. The van der Waals surface area contributed by atoms with Crippen molar-refractivity contribution >= 4 is 33.3 Å². The van der Waals surface area contributed by atoms with Gasteiger partial charge in [-0.2, -0.15) is 0 Å². The number of carbonyl (C=O) groups is 1. The summed E-state index contributed by atoms with van der Waals surface area (Å²) >= 11 is 1.41. The van der Waals surface area contributed by atoms with E-state index in [0.717, 1.165) is 23.2 Å². The number of anilines is 1. The first kappa shape index (κ1) is 13.3. The average molecular weight is 315 g/mol. The van der Waals surface area contributed by atoms with Gasteiger partial charge in [0.2, 0.25) is 10.9 Å². The van der Waals surface area contributed by atoms with Crippen LogP contribution in [-0.4, -0.2) is 23.2 Å². The van der Waals surface area contributed by atoms with Crippen molar-refractivity contribution in [1.29, 1.82) is 0 Å². The molecule has 0 spiro atoms. The number of para-hydroxylation sites is 1. The van der Waals surface area contributed by atoms with Crippen LogP contribution in [0.1, 0.15) is 34.3 Å². The molecule has 1 aliphatic carbocycles. The van der Waals surface area contributed by atoms with E-state index in [1.165, 1.54) is 18.4 Å². The van der Waals surface area contributed by atoms with E-state index in [1.807, 2.05) is 18.2 Å². The smallest absolute Gasteiger partial charge is 0.297 e. The minimum atomic E-state index is -0.383. The first-order chi connectivity index (χ1) is 10.8. The lowest BCUT2D eigenvalue weighted by molar-refractivity contribution is 0.0994. The van der Waals surface area contributed by atoms with Crippen molar-refractivity contribution in [3.63, 3.8) is 0 Å². The standard InChI is InChI=1S/C15H13N3O3S/c1-20-11-9-4-2-3-5-10(9)21-12(11)13(19)16-15-18-17-14(22-15)8-6-7-8/h2-5,8H,6-7H2,1H3,(H,16,18,19). The van der Waals surface area contributed by atoms with Gasteiger partial charge in [-0.1, -0.05) is 23.5 Å². The SMILES string of the molecule is COc1c(C(=O)Nc2nnc(C3CC3)s2)oc2ccccc12. The highest BCUT2D eigenvalue weighted by Gasteiger charge is 2.28. The number of carbonyl (C=O) groups excluding carboxylic acids is 1. The molecule has 1 fully saturated rings. The molecule has 0 saturated heterocycles. The molecule has 0 bridgehead atoms. The third-order valence-electron chi connectivity index (χ3n) is 3.55. The van der Waals surface area contributed by atoms with Gasteiger partial charge in [0.15, 0.2) is 5.75 Å². The van der Waals surface area contributed by atoms with Crippen LogP contribution in [0.3, 0.4) is 0 Å². The predicted octanol–water partition coefficient (Wildman–Crippen LogP) is 3.42. The molecule has 0 radical (unpaired) electrons. The molecule has 1 saturated carbocycles. The number of hydrogen-bond donors (Lipinski definition) is 1. The van der Waals surface area contributed by atoms with Gasteiger partial charge in [-0.3, -0.25) is 10.1 Å². The van der Waals surface area contributed by atoms with Crippen molar-refractivity contribution in [3.8, 4) is 5.75 Å². The Morgan fingerprint density at radius 2 is 2.18 bits per heavy atom. The molecule has 0 aliphatic heterocycles. The molecule has 22 heavy (non-hydrogen) atoms. The minimum absolute atomic E-state index is 0.145. The Hall–Kier alpha value is -2.41. The number of furan rings is 1. The molecule has 7 heteroatoms. The van der Waals surface area contributed by atoms with Gasteiger partial charge in [0.25, 0.3) is 5.91 Å². The van der Waals surface area contributed by atoms with Crippen molar-refractivity contribution in [2.75, 3.05) is 12.4 Å². The highest BCUT2D eigenvalue weighted by Crippen LogP contribution is 2.42. The van der Waals surface area contributed by atoms with Crippen LogP contribution in [0.2, 0.25) is 0 Å². The van der Waals surface area contributed by atoms with Gasteiger partial charge in [0, 0.05) is 5.92 Å². The predicted molar refractivity (Wildman–Crippen MR) is 82.6 cm³/mol. The lowest BCUT2D eigenvalue weighted by Gasteiger charge is -2.00. The number of hydrogen-bond acceptors (Lipinski definition) is 6. The topological polar surface area (TPSA) is 77.2 Å². The van der Waals surface area contributed by atoms with Crippen LogP contribution in [0.5, 0.6) is 5.75 Å². The molecule has 1 N–H and O–H groups in total. The zero-order chi connectivity index (χ0) is 15.1. The van der Waals surface area contributed by atoms with Crippen LogP contribution in [0.15, 0.2) is 28.7 Å². The molecule has 4 rings (SSSR count). The van der Waals surface area contributed by atoms with E-state index in [0.29, 0.717) is 22.4 Å². The first-order valence-electron chi connectivity index (χ1n) is 6.96. The molecule has 6 nitrogen and oxygen atoms in total. The van der Waals surface area contributed by atoms with Crippen LogP contribution < -0.4 is 10.1 Å². The maximum absolute atomic E-state index is 12.4. The van der Waals surface area contributed by atoms with E-state index in [9.17, 15) is 4.79 Å². The summed E-state index contributed by atoms with van der Waals surface area (Å²) < 4.78 is 10.9. The fraction of sp³-hybridized carbons (Fsp3) is 0.267. The fourth-order valence-electron chi connectivity index (χ4n) is 2.31. The maximum atomic E-state index is 12.4. The molecule has 0 unspecified atom stereocenters. The lowest BCUT2D eigenvalue weighted by atomic mass is 10.2. The number of amides is 1. The van der Waals surface area contributed by atoms with Crippen molar-refractivity contribution in [2.24, 2.45) is 0 Å². The number of methoxy groups -OCH3 is 1. The second-order valence-electron chi connectivity index (χ2n) is 5.13. The third kappa shape index (κ3) is 2.23. The van der Waals surface area contributed by atoms with Crippen LogP contribution in [0.25, 0.3) is 11.0 Å². The summed E-state index contributed by atoms with van der Waals surface area (Å²) in [5, 5.41) is 13.1. The molecule has 1 aromatic carbocycles. The molecule has 112 valence electrons. The monoisotopic (exact) mass is 315 g/mol. The summed E-state index contributed by atoms with van der Waals surface area (Å²) in [6, 6.07) is 7.36. The summed E-state index contributed by atoms with van der Waals surface area (Å²) in [4.78, 5) is 12.4. The van der Waals surface area contributed by atoms with E-state index >= 15 is 0 Å². The Kier molecular flexibility index (Phi) is 3.07. The normalized spacial score (nSPS) is 14.2. The zero-order valence-corrected chi connectivity index (χ0v) is 12.6. The maximum Gasteiger partial charge on any atom is 0.297 e. The summed E-state index contributed by atoms with van der Waals surface area (Å²) in [5.41, 5.74) is 0.612. The fourth-order valence-corrected chi connectivity index (χ4v) is 3.22. The molecule has 2 heterocycles. The Morgan fingerprint density at radius 3 is 2.95 bits per heavy atom. The number of aromatic nitrogens is 2. The van der Waals surface area contributed by atoms with Crippen LogP contribution in [0, 0.1) is 0 Å². The molecule has 3 aromatic rings. The van der Waals surface area contributed by atoms with Crippen molar-refractivity contribution in [1.82, 2.24) is 10.2 Å². The van der Waals surface area contributed by atoms with E-state index < -0.39 is 0 Å². The van der Waals surface area contributed by atoms with E-state index in [2.05, 4.69) is 15.5 Å². The summed E-state index contributed by atoms with van der Waals surface area (Å²) in [6.45, 7) is 0. The van der Waals surface area contributed by atoms with Crippen molar-refractivity contribution in [2.45, 2.75) is 18.8 Å². The number of nitrogens with one attached hydrogen (secondary N) is 1. The van der Waals surface area contributed by atoms with Crippen LogP contribution >= 0.6 is 11.3 Å². The van der Waals surface area contributed by atoms with E-state index in [-0.39, 0.29) is 11.7 Å². The number of ether oxygens (including phenoxy) is 1. The Balaban J connectivity index is 1.63. The van der Waals surface area contributed by atoms with Gasteiger partial charge in [-0.25, -0.2) is 0 Å². The third-order valence-corrected chi connectivity index (χ3v) is 4.55. The van der Waals surface area contributed by atoms with Gasteiger partial charge >= 0.3 is 0 Å². The molecule has 0 atom stereocenters. The molecular weight excluding hydrogens is 302 g/mol. The largest absolute Gasteiger partial charge is 0.492 e. The van der Waals surface area contributed by atoms with E-state index in [4.69, 9.17) is 9.15 Å². The number of benzene rings is 1. The second-order valence-corrected chi connectivity index (χ2v) is 6.14. The Bertz CT molecular complexity index is 851. The zero-order valence-electron chi connectivity index (χ0n) is 11.8. The minimum Gasteiger partial charge on any atom is -0.492 e. The Morgan fingerprint density at radius 1 is 1.36 bits per heavy atom. The van der Waals surface area contributed by atoms with Gasteiger partial charge in [0.05, 0.1) is 12.5 Å². The van der Waals surface area contributed by atoms with E-state index in [1.54, 1.807) is 6.07 Å². The number of fused-ring (bicyclic) bond motifs is 1. The summed E-state index contributed by atoms with van der Waals surface area (Å²) in [6.07, 6.45) is 2.31. The molecular formula is C15H13N3O3S. The highest BCUT2D eigenvalue weighted by atomic mass is 32.1. The second kappa shape index (κ2) is 5.10. The highest BCUT2D eigenvalue weighted by molar-refractivity contribution is 7.15. The van der Waals surface area contributed by atoms with Crippen LogP contribution in [0.4, 0.5) is 5.13 Å². The van der Waals surface area contributed by atoms with Crippen molar-refractivity contribution < 1.29 is 13.9 Å². The molecule has 2 aromatic heterocycles. The number of nitrogens with zero attached hydrogens (tertiary/aromatic N) is 2. The van der Waals surface area contributed by atoms with Crippen molar-refractivity contribution in [3.05, 3.63) is 35.0 Å². The number of rotatable bonds is 4. The molecule has 1 aliphatic rings. The van der Waals surface area contributed by atoms with Gasteiger partial charge < -0.3 is 9.15 Å². The van der Waals surface area contributed by atoms with Crippen LogP contribution in [-0.2, 0) is 0 Å². The summed E-state index contributed by atoms with van der Waals surface area (Å²) in [5.74, 6) is 0.710.